The van der Waals surface area contributed by atoms with Crippen LogP contribution in [0.2, 0.25) is 58.9 Å². The lowest BCUT2D eigenvalue weighted by atomic mass is 10.2. The maximum atomic E-state index is 6.52. The van der Waals surface area contributed by atoms with E-state index in [1.165, 1.54) is 0 Å². The molecule has 0 aliphatic rings. The van der Waals surface area contributed by atoms with Crippen molar-refractivity contribution in [2.45, 2.75) is 90.6 Å². The Labute approximate surface area is 151 Å². The largest absolute Gasteiger partial charge is 0.371 e. The highest BCUT2D eigenvalue weighted by atomic mass is 28.4. The van der Waals surface area contributed by atoms with Gasteiger partial charge in [0.25, 0.3) is 5.97 Å². The van der Waals surface area contributed by atoms with Crippen molar-refractivity contribution in [3.63, 3.8) is 0 Å². The van der Waals surface area contributed by atoms with E-state index in [2.05, 4.69) is 75.2 Å². The zero-order chi connectivity index (χ0) is 18.4. The van der Waals surface area contributed by atoms with Crippen molar-refractivity contribution in [3.8, 4) is 0 Å². The summed E-state index contributed by atoms with van der Waals surface area (Å²) in [5.41, 5.74) is 1.92. The summed E-state index contributed by atoms with van der Waals surface area (Å²) in [5, 5.41) is 0. The second-order valence-electron chi connectivity index (χ2n) is 8.97. The van der Waals surface area contributed by atoms with Crippen LogP contribution < -0.4 is 0 Å². The monoisotopic (exact) mass is 389 g/mol. The fourth-order valence-electron chi connectivity index (χ4n) is 2.30. The molecule has 0 saturated carbocycles. The molecule has 0 spiro atoms. The minimum Gasteiger partial charge on any atom is -0.371 e. The van der Waals surface area contributed by atoms with E-state index < -0.39 is 30.9 Å². The fourth-order valence-corrected chi connectivity index (χ4v) is 6.07. The number of allylic oxidation sites excluding steroid dienone is 1. The molecule has 7 heteroatoms. The molecule has 3 radical (unpaired) electrons. The van der Waals surface area contributed by atoms with Gasteiger partial charge >= 0.3 is 0 Å². The molecule has 0 bridgehead atoms. The number of rotatable bonds is 11. The van der Waals surface area contributed by atoms with E-state index in [0.717, 1.165) is 25.7 Å². The zero-order valence-corrected chi connectivity index (χ0v) is 20.7. The van der Waals surface area contributed by atoms with E-state index in [1.54, 1.807) is 0 Å². The quantitative estimate of drug-likeness (QED) is 0.267. The first-order valence-electron chi connectivity index (χ1n) is 8.61. The molecule has 0 aromatic heterocycles. The highest BCUT2D eigenvalue weighted by Crippen LogP contribution is 2.33. The minimum absolute atomic E-state index is 0.807. The van der Waals surface area contributed by atoms with E-state index >= 15 is 0 Å². The van der Waals surface area contributed by atoms with Crippen LogP contribution in [0.3, 0.4) is 0 Å². The molecule has 0 N–H and O–H groups in total. The molecular formula is C16H37O3Si4. The van der Waals surface area contributed by atoms with Crippen LogP contribution in [0.25, 0.3) is 0 Å². The summed E-state index contributed by atoms with van der Waals surface area (Å²) in [6, 6.07) is 0. The second kappa shape index (κ2) is 9.26. The van der Waals surface area contributed by atoms with Crippen molar-refractivity contribution in [2.24, 2.45) is 0 Å². The van der Waals surface area contributed by atoms with Crippen LogP contribution in [0.15, 0.2) is 11.8 Å². The Kier molecular flexibility index (Phi) is 9.45. The molecule has 0 aliphatic carbocycles. The van der Waals surface area contributed by atoms with Gasteiger partial charge in [-0.1, -0.05) is 6.08 Å². The van der Waals surface area contributed by atoms with E-state index in [4.69, 9.17) is 13.3 Å². The van der Waals surface area contributed by atoms with Crippen molar-refractivity contribution in [1.82, 2.24) is 0 Å². The standard InChI is InChI=1S/C16H37O3Si4/c1-21(2,3)17-16(18-22(4,5)6,19-23(7,8)9)14-12-10-11-13-15-20/h13,15H,10-12,14H2,1-9H3. The van der Waals surface area contributed by atoms with Gasteiger partial charge in [-0.25, -0.2) is 0 Å². The lowest BCUT2D eigenvalue weighted by molar-refractivity contribution is -0.274. The zero-order valence-electron chi connectivity index (χ0n) is 16.7. The molecule has 0 aliphatic heterocycles. The highest BCUT2D eigenvalue weighted by Gasteiger charge is 2.44. The predicted octanol–water partition coefficient (Wildman–Crippen LogP) is 5.44. The van der Waals surface area contributed by atoms with Crippen molar-refractivity contribution in [3.05, 3.63) is 11.8 Å². The summed E-state index contributed by atoms with van der Waals surface area (Å²) in [6.45, 7) is 19.8. The molecule has 0 rings (SSSR count). The molecular weight excluding hydrogens is 353 g/mol. The molecule has 0 amide bonds. The first-order valence-corrected chi connectivity index (χ1v) is 19.4. The van der Waals surface area contributed by atoms with Crippen LogP contribution in [0.1, 0.15) is 25.7 Å². The average Bonchev–Trinajstić information content (AvgIpc) is 2.20. The molecule has 3 nitrogen and oxygen atoms in total. The maximum Gasteiger partial charge on any atom is 0.254 e. The molecule has 0 heterocycles. The smallest absolute Gasteiger partial charge is 0.254 e. The third-order valence-corrected chi connectivity index (χ3v) is 5.61. The Bertz CT molecular complexity index is 324. The normalized spacial score (nSPS) is 14.7. The molecule has 0 aromatic rings. The highest BCUT2D eigenvalue weighted by molar-refractivity contribution is 6.72. The van der Waals surface area contributed by atoms with Crippen molar-refractivity contribution in [2.75, 3.05) is 0 Å². The van der Waals surface area contributed by atoms with E-state index in [0.29, 0.717) is 0 Å². The summed E-state index contributed by atoms with van der Waals surface area (Å²) >= 11 is 0. The van der Waals surface area contributed by atoms with Gasteiger partial charge in [-0.2, -0.15) is 0 Å². The van der Waals surface area contributed by atoms with Crippen LogP contribution in [-0.2, 0) is 13.3 Å². The molecule has 135 valence electrons. The Balaban J connectivity index is 5.28. The van der Waals surface area contributed by atoms with Crippen LogP contribution >= 0.6 is 0 Å². The number of unbranched alkanes of at least 4 members (excludes halogenated alkanes) is 2. The van der Waals surface area contributed by atoms with Crippen molar-refractivity contribution < 1.29 is 13.3 Å². The Hall–Kier alpha value is 0.488. The van der Waals surface area contributed by atoms with Gasteiger partial charge in [-0.05, 0) is 78.2 Å². The van der Waals surface area contributed by atoms with Gasteiger partial charge in [0, 0.05) is 6.42 Å². The molecule has 0 aromatic carbocycles. The van der Waals surface area contributed by atoms with Gasteiger partial charge in [0.1, 0.15) is 0 Å². The summed E-state index contributed by atoms with van der Waals surface area (Å²) < 4.78 is 19.6. The lowest BCUT2D eigenvalue weighted by Gasteiger charge is -2.45. The van der Waals surface area contributed by atoms with E-state index in [-0.39, 0.29) is 0 Å². The SMILES string of the molecule is C[Si](C)(C)OC(CCCCC=C[Si])(O[Si](C)(C)C)O[Si](C)(C)C. The molecule has 23 heavy (non-hydrogen) atoms. The van der Waals surface area contributed by atoms with E-state index in [9.17, 15) is 0 Å². The van der Waals surface area contributed by atoms with Crippen LogP contribution in [0.4, 0.5) is 0 Å². The number of hydrogen-bond donors (Lipinski definition) is 0. The van der Waals surface area contributed by atoms with Crippen LogP contribution in [0.5, 0.6) is 0 Å². The first-order chi connectivity index (χ1) is 10.2. The fraction of sp³-hybridized carbons (Fsp3) is 0.875. The second-order valence-corrected chi connectivity index (χ2v) is 22.6. The van der Waals surface area contributed by atoms with Crippen LogP contribution in [0, 0.1) is 0 Å². The van der Waals surface area contributed by atoms with Gasteiger partial charge in [0.05, 0.1) is 10.2 Å². The third kappa shape index (κ3) is 13.5. The number of hydrogen-bond acceptors (Lipinski definition) is 3. The van der Waals surface area contributed by atoms with Gasteiger partial charge in [-0.3, -0.25) is 0 Å². The molecule has 0 saturated heterocycles. The predicted molar refractivity (Wildman–Crippen MR) is 109 cm³/mol. The van der Waals surface area contributed by atoms with Gasteiger partial charge in [0.2, 0.25) is 0 Å². The molecule has 0 atom stereocenters. The van der Waals surface area contributed by atoms with Gasteiger partial charge in [0.15, 0.2) is 25.0 Å². The summed E-state index contributed by atoms with van der Waals surface area (Å²) in [7, 11) is -2.02. The first kappa shape index (κ1) is 23.5. The van der Waals surface area contributed by atoms with E-state index in [1.807, 2.05) is 5.70 Å². The topological polar surface area (TPSA) is 27.7 Å². The Morgan fingerprint density at radius 1 is 0.739 bits per heavy atom. The Morgan fingerprint density at radius 2 is 1.13 bits per heavy atom. The van der Waals surface area contributed by atoms with Crippen molar-refractivity contribution >= 4 is 35.2 Å². The van der Waals surface area contributed by atoms with Crippen molar-refractivity contribution in [1.29, 1.82) is 0 Å². The maximum absolute atomic E-state index is 6.52. The molecule has 0 fully saturated rings. The Morgan fingerprint density at radius 3 is 1.43 bits per heavy atom. The van der Waals surface area contributed by atoms with Gasteiger partial charge in [-0.15, -0.1) is 5.70 Å². The van der Waals surface area contributed by atoms with Gasteiger partial charge < -0.3 is 13.3 Å². The average molecular weight is 390 g/mol. The summed E-state index contributed by atoms with van der Waals surface area (Å²) in [4.78, 5) is 0. The lowest BCUT2D eigenvalue weighted by Crippen LogP contribution is -2.55. The minimum atomic E-state index is -1.79. The molecule has 0 unspecified atom stereocenters. The summed E-state index contributed by atoms with van der Waals surface area (Å²) in [6.07, 6.45) is 6.16. The summed E-state index contributed by atoms with van der Waals surface area (Å²) in [5.74, 6) is -0.850. The third-order valence-electron chi connectivity index (χ3n) is 2.61. The van der Waals surface area contributed by atoms with Crippen LogP contribution in [-0.4, -0.2) is 41.2 Å².